The van der Waals surface area contributed by atoms with E-state index in [9.17, 15) is 4.79 Å². The lowest BCUT2D eigenvalue weighted by molar-refractivity contribution is 0.0133. The van der Waals surface area contributed by atoms with E-state index in [4.69, 9.17) is 14.5 Å². The summed E-state index contributed by atoms with van der Waals surface area (Å²) in [5, 5.41) is 2.33. The highest BCUT2D eigenvalue weighted by atomic mass is 16.8. The number of aromatic nitrogens is 4. The van der Waals surface area contributed by atoms with Crippen LogP contribution in [0.2, 0.25) is 0 Å². The number of methoxy groups -OCH3 is 1. The minimum Gasteiger partial charge on any atom is -0.440 e. The second-order valence-electron chi connectivity index (χ2n) is 9.62. The molecular formula is C28H34N6O4. The number of carbonyl (C=O) groups is 1. The van der Waals surface area contributed by atoms with Crippen LogP contribution in [0, 0.1) is 6.92 Å². The van der Waals surface area contributed by atoms with E-state index in [2.05, 4.69) is 72.4 Å². The molecule has 0 bridgehead atoms. The smallest absolute Gasteiger partial charge is 0.440 e. The molecule has 0 saturated carbocycles. The average molecular weight is 519 g/mol. The Kier molecular flexibility index (Phi) is 7.76. The van der Waals surface area contributed by atoms with Gasteiger partial charge in [0.2, 0.25) is 24.6 Å². The molecule has 0 N–H and O–H groups in total. The largest absolute Gasteiger partial charge is 0.510 e. The van der Waals surface area contributed by atoms with E-state index in [0.29, 0.717) is 11.8 Å². The summed E-state index contributed by atoms with van der Waals surface area (Å²) in [5.74, 6) is 1.95. The van der Waals surface area contributed by atoms with Crippen LogP contribution in [0.3, 0.4) is 0 Å². The highest BCUT2D eigenvalue weighted by molar-refractivity contribution is 5.59. The van der Waals surface area contributed by atoms with Crippen LogP contribution in [-0.2, 0) is 16.0 Å². The molecule has 1 aromatic carbocycles. The first-order chi connectivity index (χ1) is 18.5. The first-order valence-corrected chi connectivity index (χ1v) is 13.0. The monoisotopic (exact) mass is 518 g/mol. The van der Waals surface area contributed by atoms with Crippen LogP contribution in [0.25, 0.3) is 12.2 Å². The molecule has 1 aliphatic carbocycles. The number of nitrogens with zero attached hydrogens (tertiary/aromatic N) is 6. The summed E-state index contributed by atoms with van der Waals surface area (Å²) in [6, 6.07) is 10.7. The molecule has 0 radical (unpaired) electrons. The maximum absolute atomic E-state index is 11.1. The quantitative estimate of drug-likeness (QED) is 0.329. The van der Waals surface area contributed by atoms with Crippen molar-refractivity contribution in [2.24, 2.45) is 0 Å². The fraction of sp³-hybridized carbons (Fsp3) is 0.429. The Morgan fingerprint density at radius 2 is 1.84 bits per heavy atom. The molecule has 2 aliphatic rings. The standard InChI is InChI=1S/C28H34N6O4/c1-20-8-10-21(11-9-20)18-34-24-7-5-4-6-23(24)30-27(34)33-16-13-22(14-17-33)32(2)26-29-15-12-25(31-26)37-19-38-28(35)36-3/h6-12,15,22H,4-5,13-14,16-19H2,1-3H3. The highest BCUT2D eigenvalue weighted by Gasteiger charge is 2.27. The maximum atomic E-state index is 11.1. The van der Waals surface area contributed by atoms with Crippen molar-refractivity contribution in [3.05, 3.63) is 58.4 Å². The van der Waals surface area contributed by atoms with Gasteiger partial charge in [0.05, 0.1) is 24.4 Å². The Labute approximate surface area is 222 Å². The van der Waals surface area contributed by atoms with E-state index in [0.717, 1.165) is 56.6 Å². The van der Waals surface area contributed by atoms with Gasteiger partial charge in [-0.1, -0.05) is 42.0 Å². The molecule has 2 aromatic heterocycles. The number of anilines is 2. The van der Waals surface area contributed by atoms with Gasteiger partial charge in [-0.2, -0.15) is 4.98 Å². The molecule has 0 amide bonds. The van der Waals surface area contributed by atoms with E-state index in [1.165, 1.54) is 23.6 Å². The van der Waals surface area contributed by atoms with Crippen molar-refractivity contribution in [1.82, 2.24) is 19.5 Å². The molecule has 3 heterocycles. The molecule has 1 fully saturated rings. The predicted octanol–water partition coefficient (Wildman–Crippen LogP) is 2.61. The van der Waals surface area contributed by atoms with Crippen molar-refractivity contribution in [3.8, 4) is 5.88 Å². The van der Waals surface area contributed by atoms with E-state index in [1.54, 1.807) is 12.3 Å². The number of benzene rings is 1. The highest BCUT2D eigenvalue weighted by Crippen LogP contribution is 2.23. The van der Waals surface area contributed by atoms with Crippen LogP contribution in [0.15, 0.2) is 36.5 Å². The van der Waals surface area contributed by atoms with Crippen molar-refractivity contribution < 1.29 is 19.0 Å². The van der Waals surface area contributed by atoms with Crippen LogP contribution >= 0.6 is 0 Å². The summed E-state index contributed by atoms with van der Waals surface area (Å²) in [7, 11) is 3.25. The van der Waals surface area contributed by atoms with Crippen molar-refractivity contribution in [2.75, 3.05) is 43.8 Å². The Hall–Kier alpha value is -4.08. The SMILES string of the molecule is COC(=O)OCOc1ccnc(N(C)C2CCN(c3nc4c(n3Cc3ccc(C)cc3)=CCCC=4)CC2)n1. The number of hydrogen-bond donors (Lipinski definition) is 0. The van der Waals surface area contributed by atoms with Gasteiger partial charge in [-0.3, -0.25) is 0 Å². The van der Waals surface area contributed by atoms with Gasteiger partial charge in [0.1, 0.15) is 0 Å². The van der Waals surface area contributed by atoms with Gasteiger partial charge in [0.25, 0.3) is 0 Å². The molecule has 1 aliphatic heterocycles. The second-order valence-corrected chi connectivity index (χ2v) is 9.62. The number of imidazole rings is 1. The zero-order valence-electron chi connectivity index (χ0n) is 22.2. The first-order valence-electron chi connectivity index (χ1n) is 13.0. The van der Waals surface area contributed by atoms with Crippen molar-refractivity contribution >= 4 is 30.2 Å². The summed E-state index contributed by atoms with van der Waals surface area (Å²) in [6.07, 6.45) is 9.41. The van der Waals surface area contributed by atoms with Crippen molar-refractivity contribution in [3.63, 3.8) is 0 Å². The third kappa shape index (κ3) is 5.74. The molecule has 0 unspecified atom stereocenters. The zero-order valence-corrected chi connectivity index (χ0v) is 22.2. The predicted molar refractivity (Wildman–Crippen MR) is 145 cm³/mol. The number of piperidine rings is 1. The van der Waals surface area contributed by atoms with Crippen molar-refractivity contribution in [2.45, 2.75) is 45.2 Å². The molecular weight excluding hydrogens is 484 g/mol. The van der Waals surface area contributed by atoms with Gasteiger partial charge in [0, 0.05) is 38.4 Å². The van der Waals surface area contributed by atoms with Crippen LogP contribution in [0.1, 0.15) is 36.8 Å². The number of aryl methyl sites for hydroxylation is 1. The third-order valence-electron chi connectivity index (χ3n) is 7.10. The Morgan fingerprint density at radius 1 is 1.08 bits per heavy atom. The summed E-state index contributed by atoms with van der Waals surface area (Å²) in [6.45, 7) is 4.43. The van der Waals surface area contributed by atoms with Gasteiger partial charge >= 0.3 is 6.16 Å². The van der Waals surface area contributed by atoms with Gasteiger partial charge in [-0.15, -0.1) is 0 Å². The number of rotatable bonds is 8. The van der Waals surface area contributed by atoms with Crippen LogP contribution < -0.4 is 25.2 Å². The number of carbonyl (C=O) groups excluding carboxylic acids is 1. The van der Waals surface area contributed by atoms with Crippen LogP contribution in [0.5, 0.6) is 5.88 Å². The van der Waals surface area contributed by atoms with Gasteiger partial charge < -0.3 is 28.6 Å². The lowest BCUT2D eigenvalue weighted by Gasteiger charge is -2.37. The summed E-state index contributed by atoms with van der Waals surface area (Å²) in [4.78, 5) is 29.6. The van der Waals surface area contributed by atoms with Gasteiger partial charge in [-0.05, 0) is 38.2 Å². The normalized spacial score (nSPS) is 15.2. The third-order valence-corrected chi connectivity index (χ3v) is 7.10. The Balaban J connectivity index is 1.27. The maximum Gasteiger partial charge on any atom is 0.510 e. The second kappa shape index (κ2) is 11.5. The van der Waals surface area contributed by atoms with Crippen molar-refractivity contribution in [1.29, 1.82) is 0 Å². The molecule has 10 nitrogen and oxygen atoms in total. The molecule has 10 heteroatoms. The topological polar surface area (TPSA) is 94.8 Å². The Bertz CT molecular complexity index is 1380. The summed E-state index contributed by atoms with van der Waals surface area (Å²) < 4.78 is 17.0. The zero-order chi connectivity index (χ0) is 26.5. The van der Waals surface area contributed by atoms with E-state index in [1.807, 2.05) is 7.05 Å². The summed E-state index contributed by atoms with van der Waals surface area (Å²) >= 11 is 0. The van der Waals surface area contributed by atoms with E-state index in [-0.39, 0.29) is 12.8 Å². The van der Waals surface area contributed by atoms with E-state index >= 15 is 0 Å². The van der Waals surface area contributed by atoms with Gasteiger partial charge in [0.15, 0.2) is 0 Å². The molecule has 0 spiro atoms. The molecule has 200 valence electrons. The van der Waals surface area contributed by atoms with Gasteiger partial charge in [-0.25, -0.2) is 14.8 Å². The molecule has 38 heavy (non-hydrogen) atoms. The number of ether oxygens (including phenoxy) is 3. The fourth-order valence-corrected chi connectivity index (χ4v) is 4.95. The summed E-state index contributed by atoms with van der Waals surface area (Å²) in [5.41, 5.74) is 2.55. The fourth-order valence-electron chi connectivity index (χ4n) is 4.95. The van der Waals surface area contributed by atoms with Crippen LogP contribution in [0.4, 0.5) is 16.7 Å². The minimum atomic E-state index is -0.806. The van der Waals surface area contributed by atoms with E-state index < -0.39 is 6.16 Å². The number of hydrogen-bond acceptors (Lipinski definition) is 9. The molecule has 5 rings (SSSR count). The Morgan fingerprint density at radius 3 is 2.61 bits per heavy atom. The molecule has 3 aromatic rings. The molecule has 1 saturated heterocycles. The lowest BCUT2D eigenvalue weighted by atomic mass is 10.0. The first kappa shape index (κ1) is 25.6. The minimum absolute atomic E-state index is 0.278. The van der Waals surface area contributed by atoms with Crippen LogP contribution in [-0.4, -0.2) is 65.8 Å². The number of fused-ring (bicyclic) bond motifs is 1. The lowest BCUT2D eigenvalue weighted by Crippen LogP contribution is -2.45. The average Bonchev–Trinajstić information content (AvgIpc) is 3.32. The molecule has 0 atom stereocenters.